The summed E-state index contributed by atoms with van der Waals surface area (Å²) >= 11 is 0. The first-order valence-corrected chi connectivity index (χ1v) is 8.94. The summed E-state index contributed by atoms with van der Waals surface area (Å²) in [6, 6.07) is 4.83. The predicted molar refractivity (Wildman–Crippen MR) is 99.8 cm³/mol. The van der Waals surface area contributed by atoms with Gasteiger partial charge < -0.3 is 10.1 Å². The zero-order chi connectivity index (χ0) is 24.4. The summed E-state index contributed by atoms with van der Waals surface area (Å²) in [5.41, 5.74) is -1.89. The molecule has 0 atom stereocenters. The molecule has 0 radical (unpaired) electrons. The van der Waals surface area contributed by atoms with Crippen LogP contribution in [-0.4, -0.2) is 39.2 Å². The summed E-state index contributed by atoms with van der Waals surface area (Å²) < 4.78 is 94.3. The number of alkyl halides is 6. The lowest BCUT2D eigenvalue weighted by molar-refractivity contribution is -0.153. The minimum Gasteiger partial charge on any atom is -0.482 e. The van der Waals surface area contributed by atoms with Crippen molar-refractivity contribution < 1.29 is 40.3 Å². The summed E-state index contributed by atoms with van der Waals surface area (Å²) in [4.78, 5) is 25.3. The van der Waals surface area contributed by atoms with Gasteiger partial charge in [-0.1, -0.05) is 0 Å². The number of rotatable bonds is 6. The molecule has 0 aliphatic rings. The largest absolute Gasteiger partial charge is 0.482 e. The number of aromatic nitrogens is 3. The van der Waals surface area contributed by atoms with Crippen LogP contribution in [0.1, 0.15) is 10.4 Å². The number of ether oxygens (including phenoxy) is 1. The molecule has 0 saturated carbocycles. The quantitative estimate of drug-likeness (QED) is 0.545. The van der Waals surface area contributed by atoms with Crippen LogP contribution >= 0.6 is 0 Å². The Labute approximate surface area is 180 Å². The van der Waals surface area contributed by atoms with E-state index in [1.165, 1.54) is 6.07 Å². The third kappa shape index (κ3) is 6.33. The maximum Gasteiger partial charge on any atom is 0.422 e. The number of carbonyl (C=O) groups excluding carboxylic acids is 1. The minimum atomic E-state index is -4.73. The molecule has 1 amide bonds. The third-order valence-electron chi connectivity index (χ3n) is 4.00. The molecule has 7 nitrogen and oxygen atoms in total. The minimum absolute atomic E-state index is 0.130. The van der Waals surface area contributed by atoms with E-state index in [4.69, 9.17) is 0 Å². The Morgan fingerprint density at radius 3 is 2.48 bits per heavy atom. The van der Waals surface area contributed by atoms with Gasteiger partial charge in [-0.25, -0.2) is 4.39 Å². The van der Waals surface area contributed by atoms with E-state index in [2.05, 4.69) is 15.2 Å². The van der Waals surface area contributed by atoms with Gasteiger partial charge in [-0.2, -0.15) is 31.4 Å². The second kappa shape index (κ2) is 8.96. The van der Waals surface area contributed by atoms with Gasteiger partial charge in [0.25, 0.3) is 11.5 Å². The van der Waals surface area contributed by atoms with Gasteiger partial charge >= 0.3 is 12.4 Å². The van der Waals surface area contributed by atoms with E-state index in [-0.39, 0.29) is 11.4 Å². The smallest absolute Gasteiger partial charge is 0.422 e. The highest BCUT2D eigenvalue weighted by molar-refractivity contribution is 6.03. The summed E-state index contributed by atoms with van der Waals surface area (Å²) in [6.45, 7) is -3.15. The normalized spacial score (nSPS) is 12.0. The van der Waals surface area contributed by atoms with Crippen LogP contribution in [0.4, 0.5) is 36.4 Å². The van der Waals surface area contributed by atoms with Crippen LogP contribution in [0.2, 0.25) is 0 Å². The molecule has 2 aromatic heterocycles. The number of carbonyl (C=O) groups is 1. The van der Waals surface area contributed by atoms with Crippen molar-refractivity contribution in [2.24, 2.45) is 0 Å². The van der Waals surface area contributed by atoms with Crippen LogP contribution in [0.3, 0.4) is 0 Å². The van der Waals surface area contributed by atoms with Crippen LogP contribution in [0.5, 0.6) is 5.75 Å². The molecule has 1 N–H and O–H groups in total. The van der Waals surface area contributed by atoms with Crippen molar-refractivity contribution in [3.05, 3.63) is 70.7 Å². The van der Waals surface area contributed by atoms with Crippen LogP contribution in [0.15, 0.2) is 53.7 Å². The molecule has 0 saturated heterocycles. The highest BCUT2D eigenvalue weighted by atomic mass is 19.4. The molecule has 0 fully saturated rings. The fraction of sp³-hybridized carbons (Fsp3) is 0.211. The van der Waals surface area contributed by atoms with E-state index in [0.29, 0.717) is 10.7 Å². The van der Waals surface area contributed by atoms with Crippen molar-refractivity contribution in [3.63, 3.8) is 0 Å². The molecule has 1 aromatic carbocycles. The average molecular weight is 478 g/mol. The van der Waals surface area contributed by atoms with Crippen molar-refractivity contribution in [2.75, 3.05) is 11.9 Å². The lowest BCUT2D eigenvalue weighted by atomic mass is 10.2. The van der Waals surface area contributed by atoms with E-state index in [1.807, 2.05) is 0 Å². The molecular formula is C19H13F7N4O3. The number of nitrogens with zero attached hydrogens (tertiary/aromatic N) is 3. The Kier molecular flexibility index (Phi) is 6.46. The second-order valence-electron chi connectivity index (χ2n) is 6.61. The van der Waals surface area contributed by atoms with Gasteiger partial charge in [-0.3, -0.25) is 18.8 Å². The molecular weight excluding hydrogens is 465 g/mol. The van der Waals surface area contributed by atoms with E-state index < -0.39 is 54.1 Å². The third-order valence-corrected chi connectivity index (χ3v) is 4.00. The number of nitrogens with one attached hydrogen (secondary N) is 1. The Morgan fingerprint density at radius 1 is 1.09 bits per heavy atom. The summed E-state index contributed by atoms with van der Waals surface area (Å²) in [5.74, 6) is -2.53. The first-order valence-electron chi connectivity index (χ1n) is 8.94. The van der Waals surface area contributed by atoms with E-state index in [9.17, 15) is 40.3 Å². The number of hydrogen-bond donors (Lipinski definition) is 1. The number of pyridine rings is 1. The summed E-state index contributed by atoms with van der Waals surface area (Å²) in [5, 5.41) is 5.66. The highest BCUT2D eigenvalue weighted by Gasteiger charge is 2.30. The lowest BCUT2D eigenvalue weighted by Crippen LogP contribution is -2.28. The van der Waals surface area contributed by atoms with Crippen molar-refractivity contribution in [1.82, 2.24) is 14.3 Å². The number of anilines is 1. The van der Waals surface area contributed by atoms with E-state index >= 15 is 0 Å². The fourth-order valence-corrected chi connectivity index (χ4v) is 2.72. The first kappa shape index (κ1) is 23.8. The maximum atomic E-state index is 13.5. The summed E-state index contributed by atoms with van der Waals surface area (Å²) in [7, 11) is 0. The van der Waals surface area contributed by atoms with Crippen LogP contribution < -0.4 is 15.6 Å². The Morgan fingerprint density at radius 2 is 1.82 bits per heavy atom. The van der Waals surface area contributed by atoms with Gasteiger partial charge in [0.05, 0.1) is 17.6 Å². The van der Waals surface area contributed by atoms with Gasteiger partial charge in [-0.05, 0) is 24.3 Å². The topological polar surface area (TPSA) is 78.2 Å². The molecule has 0 unspecified atom stereocenters. The Balaban J connectivity index is 1.88. The number of halogens is 7. The van der Waals surface area contributed by atoms with Crippen LogP contribution in [-0.2, 0) is 6.54 Å². The number of hydrogen-bond acceptors (Lipinski definition) is 4. The monoisotopic (exact) mass is 478 g/mol. The van der Waals surface area contributed by atoms with E-state index in [0.717, 1.165) is 41.4 Å². The predicted octanol–water partition coefficient (Wildman–Crippen LogP) is 3.93. The number of amides is 1. The molecule has 176 valence electrons. The van der Waals surface area contributed by atoms with Gasteiger partial charge in [0.2, 0.25) is 0 Å². The van der Waals surface area contributed by atoms with E-state index in [1.54, 1.807) is 0 Å². The SMILES string of the molecule is O=C(Nc1cnn(CC(F)(F)F)c1)c1cccn(-c2ccc(F)cc2OCC(F)(F)F)c1=O. The lowest BCUT2D eigenvalue weighted by Gasteiger charge is -2.15. The van der Waals surface area contributed by atoms with Gasteiger partial charge in [0.15, 0.2) is 6.61 Å². The molecule has 2 heterocycles. The fourth-order valence-electron chi connectivity index (χ4n) is 2.72. The average Bonchev–Trinajstić information content (AvgIpc) is 3.11. The van der Waals surface area contributed by atoms with Gasteiger partial charge in [0, 0.05) is 18.5 Å². The molecule has 0 bridgehead atoms. The highest BCUT2D eigenvalue weighted by Crippen LogP contribution is 2.26. The second-order valence-corrected chi connectivity index (χ2v) is 6.61. The number of benzene rings is 1. The maximum absolute atomic E-state index is 13.5. The van der Waals surface area contributed by atoms with Gasteiger partial charge in [-0.15, -0.1) is 0 Å². The Hall–Kier alpha value is -3.84. The van der Waals surface area contributed by atoms with Crippen molar-refractivity contribution in [1.29, 1.82) is 0 Å². The summed E-state index contributed by atoms with van der Waals surface area (Å²) in [6.07, 6.45) is -6.31. The first-order chi connectivity index (χ1) is 15.3. The van der Waals surface area contributed by atoms with Gasteiger partial charge in [0.1, 0.15) is 23.7 Å². The molecule has 0 aliphatic carbocycles. The zero-order valence-corrected chi connectivity index (χ0v) is 16.2. The van der Waals surface area contributed by atoms with Crippen molar-refractivity contribution >= 4 is 11.6 Å². The van der Waals surface area contributed by atoms with Crippen LogP contribution in [0.25, 0.3) is 5.69 Å². The zero-order valence-electron chi connectivity index (χ0n) is 16.2. The van der Waals surface area contributed by atoms with Crippen molar-refractivity contribution in [3.8, 4) is 11.4 Å². The van der Waals surface area contributed by atoms with Crippen LogP contribution in [0, 0.1) is 5.82 Å². The molecule has 0 spiro atoms. The molecule has 0 aliphatic heterocycles. The standard InChI is InChI=1S/C19H13F7N4O3/c20-11-3-4-14(15(6-11)33-10-19(24,25)26)30-5-1-2-13(17(30)32)16(31)28-12-7-27-29(8-12)9-18(21,22)23/h1-8H,9-10H2,(H,28,31). The molecule has 33 heavy (non-hydrogen) atoms. The van der Waals surface area contributed by atoms with Crippen molar-refractivity contribution in [2.45, 2.75) is 18.9 Å². The molecule has 3 aromatic rings. The Bertz CT molecular complexity index is 1220. The molecule has 3 rings (SSSR count). The molecule has 14 heteroatoms.